The first-order valence-electron chi connectivity index (χ1n) is 2.66. The van der Waals surface area contributed by atoms with E-state index < -0.39 is 0 Å². The molecule has 0 saturated heterocycles. The Hall–Kier alpha value is -0.200. The van der Waals surface area contributed by atoms with Crippen LogP contribution in [0.2, 0.25) is 0 Å². The molecule has 0 amide bonds. The van der Waals surface area contributed by atoms with Crippen molar-refractivity contribution in [3.05, 3.63) is 34.4 Å². The van der Waals surface area contributed by atoms with Crippen LogP contribution in [0.25, 0.3) is 0 Å². The third-order valence-electron chi connectivity index (χ3n) is 1.00. The minimum Gasteiger partial charge on any atom is -0.0888 e. The zero-order valence-corrected chi connectivity index (χ0v) is 6.28. The van der Waals surface area contributed by atoms with E-state index in [-0.39, 0.29) is 0 Å². The van der Waals surface area contributed by atoms with E-state index in [0.717, 1.165) is 10.1 Å². The van der Waals surface area contributed by atoms with Crippen LogP contribution in [0, 0.1) is 0 Å². The molecular weight excluding hydrogens is 155 g/mol. The normalized spacial score (nSPS) is 18.4. The van der Waals surface area contributed by atoms with Gasteiger partial charge in [0.25, 0.3) is 0 Å². The van der Waals surface area contributed by atoms with Crippen LogP contribution in [0.3, 0.4) is 0 Å². The highest BCUT2D eigenvalue weighted by atomic mass is 35.5. The molecule has 0 radical (unpaired) electrons. The van der Waals surface area contributed by atoms with E-state index in [9.17, 15) is 0 Å². The molecule has 0 N–H and O–H groups in total. The van der Waals surface area contributed by atoms with E-state index in [1.165, 1.54) is 0 Å². The molecule has 2 heteroatoms. The summed E-state index contributed by atoms with van der Waals surface area (Å²) in [6, 6.07) is 0. The second kappa shape index (κ2) is 3.09. The lowest BCUT2D eigenvalue weighted by molar-refractivity contribution is 1.33. The fourth-order valence-corrected chi connectivity index (χ4v) is 1.10. The molecule has 1 aliphatic rings. The average Bonchev–Trinajstić information content (AvgIpc) is 1.93. The molecule has 0 bridgehead atoms. The van der Waals surface area contributed by atoms with Gasteiger partial charge in [-0.2, -0.15) is 0 Å². The quantitative estimate of drug-likeness (QED) is 0.511. The lowest BCUT2D eigenvalue weighted by Gasteiger charge is -1.91. The van der Waals surface area contributed by atoms with Crippen LogP contribution < -0.4 is 0 Å². The lowest BCUT2D eigenvalue weighted by atomic mass is 10.4. The van der Waals surface area contributed by atoms with Crippen molar-refractivity contribution in [3.8, 4) is 0 Å². The van der Waals surface area contributed by atoms with Gasteiger partial charge < -0.3 is 0 Å². The number of hydrogen-bond acceptors (Lipinski definition) is 0. The van der Waals surface area contributed by atoms with Gasteiger partial charge in [-0.15, -0.1) is 0 Å². The number of halogens is 2. The lowest BCUT2D eigenvalue weighted by Crippen LogP contribution is -1.69. The Kier molecular flexibility index (Phi) is 2.38. The second-order valence-corrected chi connectivity index (χ2v) is 2.76. The average molecular weight is 161 g/mol. The van der Waals surface area contributed by atoms with Crippen LogP contribution >= 0.6 is 23.2 Å². The predicted octanol–water partition coefficient (Wildman–Crippen LogP) is 3.19. The van der Waals surface area contributed by atoms with E-state index in [0.29, 0.717) is 6.42 Å². The Morgan fingerprint density at radius 3 is 1.89 bits per heavy atom. The van der Waals surface area contributed by atoms with Gasteiger partial charge >= 0.3 is 0 Å². The molecule has 1 aliphatic carbocycles. The van der Waals surface area contributed by atoms with Crippen molar-refractivity contribution >= 4 is 23.2 Å². The Balaban J connectivity index is 2.77. The van der Waals surface area contributed by atoms with E-state index in [4.69, 9.17) is 23.2 Å². The summed E-state index contributed by atoms with van der Waals surface area (Å²) >= 11 is 11.4. The fraction of sp³-hybridized carbons (Fsp3) is 0.143. The molecule has 0 heterocycles. The Morgan fingerprint density at radius 1 is 1.00 bits per heavy atom. The Labute approximate surface area is 64.5 Å². The molecule has 0 aromatic carbocycles. The molecule has 0 spiro atoms. The van der Waals surface area contributed by atoms with Gasteiger partial charge in [-0.1, -0.05) is 35.4 Å². The van der Waals surface area contributed by atoms with Gasteiger partial charge in [-0.05, 0) is 12.2 Å². The van der Waals surface area contributed by atoms with Crippen LogP contribution in [0.15, 0.2) is 34.4 Å². The minimum atomic E-state index is 0.663. The summed E-state index contributed by atoms with van der Waals surface area (Å²) in [4.78, 5) is 0. The molecule has 0 nitrogen and oxygen atoms in total. The van der Waals surface area contributed by atoms with Crippen LogP contribution in [0.5, 0.6) is 0 Å². The predicted molar refractivity (Wildman–Crippen MR) is 41.6 cm³/mol. The molecule has 48 valence electrons. The first-order valence-corrected chi connectivity index (χ1v) is 3.42. The highest BCUT2D eigenvalue weighted by Gasteiger charge is 1.96. The van der Waals surface area contributed by atoms with Crippen molar-refractivity contribution < 1.29 is 0 Å². The van der Waals surface area contributed by atoms with E-state index in [2.05, 4.69) is 0 Å². The van der Waals surface area contributed by atoms with Gasteiger partial charge in [-0.25, -0.2) is 0 Å². The maximum absolute atomic E-state index is 5.70. The molecule has 0 fully saturated rings. The molecule has 0 aliphatic heterocycles. The number of rotatable bonds is 0. The maximum atomic E-state index is 5.70. The van der Waals surface area contributed by atoms with Gasteiger partial charge in [0.2, 0.25) is 0 Å². The molecule has 0 aromatic heterocycles. The van der Waals surface area contributed by atoms with Crippen LogP contribution in [-0.2, 0) is 0 Å². The van der Waals surface area contributed by atoms with E-state index in [1.807, 2.05) is 24.3 Å². The summed E-state index contributed by atoms with van der Waals surface area (Å²) in [5, 5.41) is 1.56. The summed E-state index contributed by atoms with van der Waals surface area (Å²) in [7, 11) is 0. The topological polar surface area (TPSA) is 0 Å². The summed E-state index contributed by atoms with van der Waals surface area (Å²) in [6.45, 7) is 0. The summed E-state index contributed by atoms with van der Waals surface area (Å²) in [5.41, 5.74) is 0. The van der Waals surface area contributed by atoms with Gasteiger partial charge in [-0.3, -0.25) is 0 Å². The second-order valence-electron chi connectivity index (χ2n) is 1.79. The van der Waals surface area contributed by atoms with Crippen LogP contribution in [-0.4, -0.2) is 0 Å². The molecule has 0 atom stereocenters. The zero-order valence-electron chi connectivity index (χ0n) is 4.77. The number of hydrogen-bond donors (Lipinski definition) is 0. The molecule has 9 heavy (non-hydrogen) atoms. The molecule has 0 saturated carbocycles. The first kappa shape index (κ1) is 6.91. The van der Waals surface area contributed by atoms with E-state index in [1.54, 1.807) is 0 Å². The van der Waals surface area contributed by atoms with Crippen molar-refractivity contribution in [2.24, 2.45) is 0 Å². The molecular formula is C7H6Cl2. The standard InChI is InChI=1S/C7H6Cl2/c8-6-3-1-2-4-7(9)5-6/h1-4H,5H2. The highest BCUT2D eigenvalue weighted by molar-refractivity contribution is 6.34. The summed E-state index contributed by atoms with van der Waals surface area (Å²) in [5.74, 6) is 0. The first-order chi connectivity index (χ1) is 4.29. The largest absolute Gasteiger partial charge is 0.0888 e. The molecule has 0 unspecified atom stereocenters. The summed E-state index contributed by atoms with van der Waals surface area (Å²) in [6.07, 6.45) is 8.09. The van der Waals surface area contributed by atoms with Crippen molar-refractivity contribution in [1.29, 1.82) is 0 Å². The zero-order chi connectivity index (χ0) is 6.69. The van der Waals surface area contributed by atoms with Crippen molar-refractivity contribution in [2.75, 3.05) is 0 Å². The third kappa shape index (κ3) is 2.25. The highest BCUT2D eigenvalue weighted by Crippen LogP contribution is 2.19. The SMILES string of the molecule is ClC1=CC=CC=C(Cl)C1. The van der Waals surface area contributed by atoms with Gasteiger partial charge in [0, 0.05) is 16.5 Å². The Morgan fingerprint density at radius 2 is 1.44 bits per heavy atom. The van der Waals surface area contributed by atoms with Crippen LogP contribution in [0.4, 0.5) is 0 Å². The maximum Gasteiger partial charge on any atom is 0.0233 e. The van der Waals surface area contributed by atoms with E-state index >= 15 is 0 Å². The third-order valence-corrected chi connectivity index (χ3v) is 1.52. The number of allylic oxidation sites excluding steroid dienone is 6. The van der Waals surface area contributed by atoms with Crippen molar-refractivity contribution in [2.45, 2.75) is 6.42 Å². The molecule has 0 aromatic rings. The summed E-state index contributed by atoms with van der Waals surface area (Å²) < 4.78 is 0. The smallest absolute Gasteiger partial charge is 0.0233 e. The van der Waals surface area contributed by atoms with Crippen molar-refractivity contribution in [3.63, 3.8) is 0 Å². The van der Waals surface area contributed by atoms with Crippen LogP contribution in [0.1, 0.15) is 6.42 Å². The van der Waals surface area contributed by atoms with Gasteiger partial charge in [0.05, 0.1) is 0 Å². The van der Waals surface area contributed by atoms with Gasteiger partial charge in [0.15, 0.2) is 0 Å². The van der Waals surface area contributed by atoms with Gasteiger partial charge in [0.1, 0.15) is 0 Å². The Bertz CT molecular complexity index is 167. The minimum absolute atomic E-state index is 0.663. The monoisotopic (exact) mass is 160 g/mol. The molecule has 1 rings (SSSR count). The fourth-order valence-electron chi connectivity index (χ4n) is 0.599. The van der Waals surface area contributed by atoms with Crippen molar-refractivity contribution in [1.82, 2.24) is 0 Å².